The number of rotatable bonds is 8. The molecule has 2 saturated heterocycles. The van der Waals surface area contributed by atoms with Crippen LogP contribution in [0.4, 0.5) is 10.1 Å². The van der Waals surface area contributed by atoms with Crippen LogP contribution in [-0.4, -0.2) is 113 Å². The molecule has 0 unspecified atom stereocenters. The zero-order valence-corrected chi connectivity index (χ0v) is 27.0. The Morgan fingerprint density at radius 3 is 2.69 bits per heavy atom. The van der Waals surface area contributed by atoms with Gasteiger partial charge in [0.2, 0.25) is 11.7 Å². The van der Waals surface area contributed by atoms with Crippen molar-refractivity contribution in [1.29, 1.82) is 0 Å². The summed E-state index contributed by atoms with van der Waals surface area (Å²) in [5, 5.41) is 11.1. The second kappa shape index (κ2) is 12.7. The molecular weight excluding hydrogens is 575 g/mol. The van der Waals surface area contributed by atoms with Crippen molar-refractivity contribution in [3.05, 3.63) is 58.8 Å². The Morgan fingerprint density at radius 1 is 1.18 bits per heavy atom. The number of hydrogen-bond donors (Lipinski definition) is 2. The van der Waals surface area contributed by atoms with Gasteiger partial charge in [-0.05, 0) is 44.5 Å². The van der Waals surface area contributed by atoms with Crippen LogP contribution in [0.15, 0.2) is 30.3 Å². The molecule has 3 aromatic rings. The summed E-state index contributed by atoms with van der Waals surface area (Å²) in [7, 11) is 0. The molecule has 2 amide bonds. The van der Waals surface area contributed by atoms with Gasteiger partial charge in [-0.3, -0.25) is 19.4 Å². The van der Waals surface area contributed by atoms with Crippen LogP contribution in [0.25, 0.3) is 5.65 Å². The first kappa shape index (κ1) is 31.5. The van der Waals surface area contributed by atoms with Gasteiger partial charge in [-0.15, -0.1) is 5.10 Å². The zero-order valence-electron chi connectivity index (χ0n) is 27.0. The smallest absolute Gasteiger partial charge is 0.290 e. The van der Waals surface area contributed by atoms with Crippen molar-refractivity contribution in [1.82, 2.24) is 35.0 Å². The fourth-order valence-corrected chi connectivity index (χ4v) is 6.96. The predicted octanol–water partition coefficient (Wildman–Crippen LogP) is 2.22. The van der Waals surface area contributed by atoms with Gasteiger partial charge in [-0.1, -0.05) is 26.0 Å². The molecule has 3 atom stereocenters. The van der Waals surface area contributed by atoms with E-state index >= 15 is 0 Å². The van der Waals surface area contributed by atoms with Crippen LogP contribution in [0.2, 0.25) is 0 Å². The minimum absolute atomic E-state index is 0.0343. The van der Waals surface area contributed by atoms with Gasteiger partial charge in [0.05, 0.1) is 31.1 Å². The molecule has 5 heterocycles. The Hall–Kier alpha value is -3.45. The Labute approximate surface area is 264 Å². The Bertz CT molecular complexity index is 1560. The topological polar surface area (TPSA) is 107 Å². The van der Waals surface area contributed by atoms with Crippen molar-refractivity contribution in [3.63, 3.8) is 0 Å². The van der Waals surface area contributed by atoms with Crippen molar-refractivity contribution >= 4 is 23.1 Å². The van der Waals surface area contributed by atoms with Gasteiger partial charge in [0, 0.05) is 74.8 Å². The summed E-state index contributed by atoms with van der Waals surface area (Å²) in [4.78, 5) is 38.5. The quantitative estimate of drug-likeness (QED) is 0.395. The average Bonchev–Trinajstić information content (AvgIpc) is 3.56. The number of anilines is 1. The number of amides is 2. The second-order valence-corrected chi connectivity index (χ2v) is 13.4. The number of pyridine rings is 1. The lowest BCUT2D eigenvalue weighted by molar-refractivity contribution is -0.121. The summed E-state index contributed by atoms with van der Waals surface area (Å²) >= 11 is 0. The summed E-state index contributed by atoms with van der Waals surface area (Å²) in [5.74, 6) is -0.533. The predicted molar refractivity (Wildman–Crippen MR) is 170 cm³/mol. The van der Waals surface area contributed by atoms with E-state index in [1.165, 1.54) is 12.1 Å². The molecule has 3 aliphatic rings. The van der Waals surface area contributed by atoms with Crippen LogP contribution < -0.4 is 15.5 Å². The maximum Gasteiger partial charge on any atom is 0.290 e. The van der Waals surface area contributed by atoms with E-state index in [4.69, 9.17) is 4.74 Å². The molecule has 0 saturated carbocycles. The standard InChI is InChI=1S/C33H45FN8O3/c1-6-35-32(44)30-37-31-24(13-23-7-9-25(34)10-8-23)14-27-29(42(31)38-30)33(4,5)20-41(27)28(43)18-40-16-21(2)36-15-26(40)17-39-11-12-45-19-22(39)3/h7-10,14,21-22,26,36H,6,11-13,15-20H2,1-5H3,(H,35,44)/t21-,22-,26-/m1/s1. The summed E-state index contributed by atoms with van der Waals surface area (Å²) in [5.41, 5.74) is 3.47. The number of halogens is 1. The van der Waals surface area contributed by atoms with E-state index in [0.29, 0.717) is 37.7 Å². The summed E-state index contributed by atoms with van der Waals surface area (Å²) in [6, 6.07) is 9.20. The Morgan fingerprint density at radius 2 is 1.96 bits per heavy atom. The third-order valence-electron chi connectivity index (χ3n) is 9.31. The minimum Gasteiger partial charge on any atom is -0.379 e. The van der Waals surface area contributed by atoms with E-state index < -0.39 is 5.41 Å². The van der Waals surface area contributed by atoms with E-state index in [9.17, 15) is 14.0 Å². The largest absolute Gasteiger partial charge is 0.379 e. The highest BCUT2D eigenvalue weighted by molar-refractivity contribution is 5.98. The van der Waals surface area contributed by atoms with Crippen LogP contribution in [0.1, 0.15) is 62.1 Å². The highest BCUT2D eigenvalue weighted by atomic mass is 19.1. The third-order valence-corrected chi connectivity index (χ3v) is 9.31. The van der Waals surface area contributed by atoms with E-state index in [0.717, 1.165) is 61.9 Å². The normalized spacial score (nSPS) is 23.8. The number of aromatic nitrogens is 3. The first-order valence-electron chi connectivity index (χ1n) is 16.1. The molecule has 242 valence electrons. The molecule has 3 aliphatic heterocycles. The maximum absolute atomic E-state index is 14.3. The summed E-state index contributed by atoms with van der Waals surface area (Å²) < 4.78 is 21.1. The number of hydrogen-bond acceptors (Lipinski definition) is 8. The number of nitrogens with zero attached hydrogens (tertiary/aromatic N) is 6. The van der Waals surface area contributed by atoms with Crippen LogP contribution >= 0.6 is 0 Å². The fraction of sp³-hybridized carbons (Fsp3) is 0.576. The Balaban J connectivity index is 1.34. The fourth-order valence-electron chi connectivity index (χ4n) is 6.96. The molecule has 11 nitrogen and oxygen atoms in total. The molecule has 0 bridgehead atoms. The number of nitrogens with one attached hydrogen (secondary N) is 2. The lowest BCUT2D eigenvalue weighted by atomic mass is 9.90. The molecule has 2 fully saturated rings. The van der Waals surface area contributed by atoms with Crippen molar-refractivity contribution in [2.75, 3.05) is 63.9 Å². The van der Waals surface area contributed by atoms with E-state index in [1.807, 2.05) is 17.9 Å². The zero-order chi connectivity index (χ0) is 31.9. The molecule has 45 heavy (non-hydrogen) atoms. The van der Waals surface area contributed by atoms with Gasteiger partial charge in [0.25, 0.3) is 5.91 Å². The van der Waals surface area contributed by atoms with E-state index in [2.05, 4.69) is 58.2 Å². The molecule has 2 aromatic heterocycles. The molecule has 6 rings (SSSR count). The summed E-state index contributed by atoms with van der Waals surface area (Å²) in [6.07, 6.45) is 0.447. The number of piperazine rings is 1. The highest BCUT2D eigenvalue weighted by Gasteiger charge is 2.43. The van der Waals surface area contributed by atoms with Gasteiger partial charge in [-0.25, -0.2) is 13.9 Å². The number of morpholine rings is 1. The molecule has 0 spiro atoms. The molecule has 1 aromatic carbocycles. The van der Waals surface area contributed by atoms with Gasteiger partial charge in [0.1, 0.15) is 5.82 Å². The summed E-state index contributed by atoms with van der Waals surface area (Å²) in [6.45, 7) is 16.5. The lowest BCUT2D eigenvalue weighted by Gasteiger charge is -2.43. The average molecular weight is 621 g/mol. The second-order valence-electron chi connectivity index (χ2n) is 13.4. The number of carbonyl (C=O) groups excluding carboxylic acids is 2. The van der Waals surface area contributed by atoms with Gasteiger partial charge in [0.15, 0.2) is 5.65 Å². The number of fused-ring (bicyclic) bond motifs is 3. The van der Waals surface area contributed by atoms with Crippen LogP contribution in [0.3, 0.4) is 0 Å². The number of ether oxygens (including phenoxy) is 1. The van der Waals surface area contributed by atoms with Gasteiger partial charge >= 0.3 is 0 Å². The molecule has 2 N–H and O–H groups in total. The van der Waals surface area contributed by atoms with Crippen molar-refractivity contribution in [3.8, 4) is 0 Å². The molecule has 0 radical (unpaired) electrons. The monoisotopic (exact) mass is 620 g/mol. The SMILES string of the molecule is CCNC(=O)c1nc2c(Cc3ccc(F)cc3)cc3c(n2n1)C(C)(C)CN3C(=O)CN1C[C@@H](C)NC[C@@H]1CN1CCOC[C@H]1C. The third kappa shape index (κ3) is 6.46. The van der Waals surface area contributed by atoms with Crippen molar-refractivity contribution < 1.29 is 18.7 Å². The Kier molecular flexibility index (Phi) is 8.93. The number of benzene rings is 1. The van der Waals surface area contributed by atoms with Crippen molar-refractivity contribution in [2.24, 2.45) is 0 Å². The van der Waals surface area contributed by atoms with Crippen LogP contribution in [-0.2, 0) is 21.4 Å². The first-order chi connectivity index (χ1) is 21.5. The molecule has 0 aliphatic carbocycles. The van der Waals surface area contributed by atoms with Gasteiger partial charge in [-0.2, -0.15) is 0 Å². The number of carbonyl (C=O) groups is 2. The lowest BCUT2D eigenvalue weighted by Crippen LogP contribution is -2.62. The van der Waals surface area contributed by atoms with Crippen LogP contribution in [0.5, 0.6) is 0 Å². The molecular formula is C33H45FN8O3. The van der Waals surface area contributed by atoms with E-state index in [1.54, 1.807) is 16.6 Å². The first-order valence-corrected chi connectivity index (χ1v) is 16.1. The van der Waals surface area contributed by atoms with E-state index in [-0.39, 0.29) is 35.5 Å². The maximum atomic E-state index is 14.3. The van der Waals surface area contributed by atoms with Gasteiger partial charge < -0.3 is 20.3 Å². The van der Waals surface area contributed by atoms with Crippen LogP contribution in [0, 0.1) is 5.82 Å². The minimum atomic E-state index is -0.441. The highest BCUT2D eigenvalue weighted by Crippen LogP contribution is 2.42. The van der Waals surface area contributed by atoms with Crippen molar-refractivity contribution in [2.45, 2.75) is 64.6 Å². The molecule has 12 heteroatoms.